The van der Waals surface area contributed by atoms with Crippen molar-refractivity contribution >= 4 is 39.3 Å². The molecule has 0 aliphatic carbocycles. The van der Waals surface area contributed by atoms with Gasteiger partial charge in [0.1, 0.15) is 5.82 Å². The Kier molecular flexibility index (Phi) is 7.60. The van der Waals surface area contributed by atoms with E-state index in [2.05, 4.69) is 26.6 Å². The van der Waals surface area contributed by atoms with E-state index in [4.69, 9.17) is 11.6 Å². The Hall–Kier alpha value is -2.70. The highest BCUT2D eigenvalue weighted by molar-refractivity contribution is 9.10. The molecule has 0 saturated carbocycles. The van der Waals surface area contributed by atoms with E-state index in [1.807, 2.05) is 54.6 Å². The lowest BCUT2D eigenvalue weighted by Gasteiger charge is -2.20. The molecule has 30 heavy (non-hydrogen) atoms. The van der Waals surface area contributed by atoms with E-state index in [-0.39, 0.29) is 35.5 Å². The highest BCUT2D eigenvalue weighted by atomic mass is 79.9. The van der Waals surface area contributed by atoms with E-state index < -0.39 is 11.7 Å². The normalized spacial score (nSPS) is 11.6. The number of benzene rings is 3. The van der Waals surface area contributed by atoms with Crippen LogP contribution < -0.4 is 10.6 Å². The summed E-state index contributed by atoms with van der Waals surface area (Å²) in [7, 11) is 0. The zero-order chi connectivity index (χ0) is 21.5. The predicted molar refractivity (Wildman–Crippen MR) is 119 cm³/mol. The zero-order valence-corrected chi connectivity index (χ0v) is 18.2. The van der Waals surface area contributed by atoms with Crippen molar-refractivity contribution in [3.63, 3.8) is 0 Å². The van der Waals surface area contributed by atoms with Crippen molar-refractivity contribution in [2.24, 2.45) is 0 Å². The summed E-state index contributed by atoms with van der Waals surface area (Å²) in [5.74, 6) is -1.19. The highest BCUT2D eigenvalue weighted by Crippen LogP contribution is 2.24. The van der Waals surface area contributed by atoms with Gasteiger partial charge in [0.15, 0.2) is 0 Å². The van der Waals surface area contributed by atoms with Gasteiger partial charge in [0.05, 0.1) is 16.6 Å². The maximum Gasteiger partial charge on any atom is 0.252 e. The van der Waals surface area contributed by atoms with E-state index in [0.717, 1.165) is 27.7 Å². The third kappa shape index (κ3) is 5.90. The fraction of sp³-hybridized carbons (Fsp3) is 0.130. The molecule has 3 aromatic carbocycles. The lowest BCUT2D eigenvalue weighted by molar-refractivity contribution is -0.121. The van der Waals surface area contributed by atoms with E-state index in [1.54, 1.807) is 0 Å². The molecule has 7 heteroatoms. The summed E-state index contributed by atoms with van der Waals surface area (Å²) >= 11 is 9.32. The number of hydrogen-bond acceptors (Lipinski definition) is 2. The molecule has 4 nitrogen and oxygen atoms in total. The van der Waals surface area contributed by atoms with Crippen LogP contribution in [0.4, 0.5) is 4.39 Å². The molecule has 2 amide bonds. The smallest absolute Gasteiger partial charge is 0.252 e. The third-order valence-corrected chi connectivity index (χ3v) is 5.30. The molecule has 1 atom stereocenters. The molecular weight excluding hydrogens is 471 g/mol. The highest BCUT2D eigenvalue weighted by Gasteiger charge is 2.17. The number of halogens is 3. The second kappa shape index (κ2) is 10.4. The standard InChI is InChI=1S/C23H19BrClFN2O2/c24-17-8-6-16(7-9-17)22(15-4-2-1-3-5-15)28-21(29)12-13-27-23(30)19-11-10-18(26)14-20(19)25/h1-11,14,22H,12-13H2,(H,27,30)(H,28,29). The molecule has 0 saturated heterocycles. The monoisotopic (exact) mass is 488 g/mol. The first-order valence-corrected chi connectivity index (χ1v) is 10.4. The number of nitrogens with one attached hydrogen (secondary N) is 2. The van der Waals surface area contributed by atoms with Crippen LogP contribution in [-0.2, 0) is 4.79 Å². The van der Waals surface area contributed by atoms with Gasteiger partial charge < -0.3 is 10.6 Å². The number of rotatable bonds is 7. The molecule has 0 aliphatic heterocycles. The summed E-state index contributed by atoms with van der Waals surface area (Å²) in [4.78, 5) is 24.8. The topological polar surface area (TPSA) is 58.2 Å². The molecule has 0 spiro atoms. The van der Waals surface area contributed by atoms with Gasteiger partial charge in [0, 0.05) is 17.4 Å². The molecule has 0 aromatic heterocycles. The molecular formula is C23H19BrClFN2O2. The molecule has 3 rings (SSSR count). The van der Waals surface area contributed by atoms with Gasteiger partial charge in [-0.15, -0.1) is 0 Å². The van der Waals surface area contributed by atoms with Crippen LogP contribution in [0, 0.1) is 5.82 Å². The van der Waals surface area contributed by atoms with Gasteiger partial charge in [-0.25, -0.2) is 4.39 Å². The van der Waals surface area contributed by atoms with Crippen LogP contribution in [0.2, 0.25) is 5.02 Å². The van der Waals surface area contributed by atoms with Crippen molar-refractivity contribution in [1.82, 2.24) is 10.6 Å². The molecule has 0 aliphatic rings. The van der Waals surface area contributed by atoms with Crippen LogP contribution in [0.1, 0.15) is 33.9 Å². The van der Waals surface area contributed by atoms with Crippen molar-refractivity contribution in [3.05, 3.63) is 105 Å². The molecule has 0 bridgehead atoms. The molecule has 1 unspecified atom stereocenters. The summed E-state index contributed by atoms with van der Waals surface area (Å²) in [5, 5.41) is 5.68. The largest absolute Gasteiger partial charge is 0.351 e. The molecule has 0 fully saturated rings. The summed E-state index contributed by atoms with van der Waals surface area (Å²) in [5.41, 5.74) is 2.06. The molecule has 0 radical (unpaired) electrons. The fourth-order valence-electron chi connectivity index (χ4n) is 2.95. The number of carbonyl (C=O) groups excluding carboxylic acids is 2. The maximum atomic E-state index is 13.1. The summed E-state index contributed by atoms with van der Waals surface area (Å²) in [6.07, 6.45) is 0.0877. The third-order valence-electron chi connectivity index (χ3n) is 4.45. The Balaban J connectivity index is 1.62. The van der Waals surface area contributed by atoms with Gasteiger partial charge in [-0.1, -0.05) is 70.0 Å². The average Bonchev–Trinajstić information content (AvgIpc) is 2.73. The Labute approximate surface area is 187 Å². The van der Waals surface area contributed by atoms with Crippen LogP contribution in [0.25, 0.3) is 0 Å². The Morgan fingerprint density at radius 2 is 1.63 bits per heavy atom. The van der Waals surface area contributed by atoms with Crippen molar-refractivity contribution < 1.29 is 14.0 Å². The Morgan fingerprint density at radius 3 is 2.30 bits per heavy atom. The van der Waals surface area contributed by atoms with Crippen LogP contribution in [-0.4, -0.2) is 18.4 Å². The Bertz CT molecular complexity index is 1030. The number of hydrogen-bond donors (Lipinski definition) is 2. The minimum absolute atomic E-state index is 0.0244. The van der Waals surface area contributed by atoms with Crippen LogP contribution in [0.15, 0.2) is 77.3 Å². The predicted octanol–water partition coefficient (Wildman–Crippen LogP) is 5.27. The molecule has 3 aromatic rings. The SMILES string of the molecule is O=C(CCNC(=O)c1ccc(F)cc1Cl)NC(c1ccccc1)c1ccc(Br)cc1. The second-order valence-electron chi connectivity index (χ2n) is 6.59. The lowest BCUT2D eigenvalue weighted by atomic mass is 9.98. The van der Waals surface area contributed by atoms with Crippen molar-refractivity contribution in [2.45, 2.75) is 12.5 Å². The first kappa shape index (κ1) is 22.0. The first-order valence-electron chi connectivity index (χ1n) is 9.27. The minimum atomic E-state index is -0.518. The van der Waals surface area contributed by atoms with E-state index in [0.29, 0.717) is 0 Å². The number of carbonyl (C=O) groups is 2. The average molecular weight is 490 g/mol. The fourth-order valence-corrected chi connectivity index (χ4v) is 3.47. The van der Waals surface area contributed by atoms with Gasteiger partial charge >= 0.3 is 0 Å². The van der Waals surface area contributed by atoms with Crippen LogP contribution in [0.5, 0.6) is 0 Å². The van der Waals surface area contributed by atoms with Crippen molar-refractivity contribution in [3.8, 4) is 0 Å². The minimum Gasteiger partial charge on any atom is -0.351 e. The van der Waals surface area contributed by atoms with Crippen molar-refractivity contribution in [2.75, 3.05) is 6.54 Å². The molecule has 2 N–H and O–H groups in total. The van der Waals surface area contributed by atoms with Crippen molar-refractivity contribution in [1.29, 1.82) is 0 Å². The summed E-state index contributed by atoms with van der Waals surface area (Å²) in [6.45, 7) is 0.125. The van der Waals surface area contributed by atoms with Crippen LogP contribution in [0.3, 0.4) is 0 Å². The van der Waals surface area contributed by atoms with Gasteiger partial charge in [-0.3, -0.25) is 9.59 Å². The molecule has 154 valence electrons. The van der Waals surface area contributed by atoms with E-state index in [9.17, 15) is 14.0 Å². The van der Waals surface area contributed by atoms with Crippen LogP contribution >= 0.6 is 27.5 Å². The number of amides is 2. The molecule has 0 heterocycles. The summed E-state index contributed by atoms with van der Waals surface area (Å²) in [6, 6.07) is 20.6. The summed E-state index contributed by atoms with van der Waals surface area (Å²) < 4.78 is 14.1. The zero-order valence-electron chi connectivity index (χ0n) is 15.9. The van der Waals surface area contributed by atoms with Gasteiger partial charge in [-0.2, -0.15) is 0 Å². The van der Waals surface area contributed by atoms with Gasteiger partial charge in [0.25, 0.3) is 5.91 Å². The van der Waals surface area contributed by atoms with E-state index in [1.165, 1.54) is 6.07 Å². The maximum absolute atomic E-state index is 13.1. The quantitative estimate of drug-likeness (QED) is 0.475. The first-order chi connectivity index (χ1) is 14.4. The van der Waals surface area contributed by atoms with Gasteiger partial charge in [0.2, 0.25) is 5.91 Å². The van der Waals surface area contributed by atoms with E-state index >= 15 is 0 Å². The van der Waals surface area contributed by atoms with Gasteiger partial charge in [-0.05, 0) is 41.5 Å². The lowest BCUT2D eigenvalue weighted by Crippen LogP contribution is -2.33. The second-order valence-corrected chi connectivity index (χ2v) is 7.92. The Morgan fingerprint density at radius 1 is 0.967 bits per heavy atom.